The van der Waals surface area contributed by atoms with Crippen molar-refractivity contribution in [3.05, 3.63) is 29.8 Å². The van der Waals surface area contributed by atoms with Crippen LogP contribution >= 0.6 is 0 Å². The first-order valence-electron chi connectivity index (χ1n) is 11.1. The second-order valence-corrected chi connectivity index (χ2v) is 9.78. The van der Waals surface area contributed by atoms with E-state index in [1.807, 2.05) is 0 Å². The van der Waals surface area contributed by atoms with Crippen LogP contribution in [0.25, 0.3) is 0 Å². The highest BCUT2D eigenvalue weighted by Crippen LogP contribution is 2.60. The van der Waals surface area contributed by atoms with Crippen LogP contribution in [0.4, 0.5) is 5.69 Å². The largest absolute Gasteiger partial charge is 0.451 e. The quantitative estimate of drug-likeness (QED) is 0.548. The lowest BCUT2D eigenvalue weighted by Gasteiger charge is -2.56. The fourth-order valence-electron chi connectivity index (χ4n) is 6.74. The molecule has 6 heteroatoms. The van der Waals surface area contributed by atoms with E-state index in [1.165, 1.54) is 19.3 Å². The maximum atomic E-state index is 13.3. The number of rotatable bonds is 5. The fourth-order valence-corrected chi connectivity index (χ4v) is 6.74. The number of ketones is 1. The molecular weight excluding hydrogens is 382 g/mol. The molecule has 6 rings (SSSR count). The summed E-state index contributed by atoms with van der Waals surface area (Å²) in [7, 11) is 0. The SMILES string of the molecule is C[C@H](OC(=O)c1ccc(N2C(=O)CCC2=O)cc1)C(=O)C12CC3CC(CC(C3)C1)C2. The monoisotopic (exact) mass is 409 g/mol. The van der Waals surface area contributed by atoms with Gasteiger partial charge in [-0.05, 0) is 87.5 Å². The van der Waals surface area contributed by atoms with Gasteiger partial charge >= 0.3 is 5.97 Å². The van der Waals surface area contributed by atoms with Crippen molar-refractivity contribution in [1.29, 1.82) is 0 Å². The van der Waals surface area contributed by atoms with E-state index < -0.39 is 12.1 Å². The molecule has 1 atom stereocenters. The molecule has 30 heavy (non-hydrogen) atoms. The number of esters is 1. The Morgan fingerprint density at radius 2 is 1.43 bits per heavy atom. The molecule has 6 nitrogen and oxygen atoms in total. The molecule has 4 saturated carbocycles. The van der Waals surface area contributed by atoms with Gasteiger partial charge in [-0.15, -0.1) is 0 Å². The normalized spacial score (nSPS) is 33.1. The fraction of sp³-hybridized carbons (Fsp3) is 0.583. The van der Waals surface area contributed by atoms with E-state index in [0.29, 0.717) is 29.0 Å². The van der Waals surface area contributed by atoms with Crippen molar-refractivity contribution in [2.24, 2.45) is 23.2 Å². The number of hydrogen-bond acceptors (Lipinski definition) is 5. The number of imide groups is 1. The average molecular weight is 409 g/mol. The Kier molecular flexibility index (Phi) is 4.56. The van der Waals surface area contributed by atoms with Gasteiger partial charge < -0.3 is 4.74 Å². The molecule has 4 aliphatic carbocycles. The van der Waals surface area contributed by atoms with Gasteiger partial charge in [0.2, 0.25) is 11.8 Å². The molecule has 0 aromatic heterocycles. The van der Waals surface area contributed by atoms with E-state index in [9.17, 15) is 19.2 Å². The van der Waals surface area contributed by atoms with E-state index >= 15 is 0 Å². The van der Waals surface area contributed by atoms with E-state index in [1.54, 1.807) is 31.2 Å². The lowest BCUT2D eigenvalue weighted by Crippen LogP contribution is -2.52. The molecular formula is C24H27NO5. The van der Waals surface area contributed by atoms with Crippen LogP contribution in [-0.4, -0.2) is 29.7 Å². The summed E-state index contributed by atoms with van der Waals surface area (Å²) in [6, 6.07) is 6.23. The molecule has 5 fully saturated rings. The summed E-state index contributed by atoms with van der Waals surface area (Å²) in [4.78, 5) is 50.8. The molecule has 158 valence electrons. The Morgan fingerprint density at radius 3 is 1.93 bits per heavy atom. The smallest absolute Gasteiger partial charge is 0.338 e. The number of benzene rings is 1. The second kappa shape index (κ2) is 7.03. The lowest BCUT2D eigenvalue weighted by atomic mass is 9.48. The van der Waals surface area contributed by atoms with Gasteiger partial charge in [-0.3, -0.25) is 19.3 Å². The van der Waals surface area contributed by atoms with E-state index in [-0.39, 0.29) is 35.9 Å². The van der Waals surface area contributed by atoms with Crippen LogP contribution in [0.15, 0.2) is 24.3 Å². The van der Waals surface area contributed by atoms with Crippen molar-refractivity contribution >= 4 is 29.3 Å². The van der Waals surface area contributed by atoms with Gasteiger partial charge in [0.25, 0.3) is 0 Å². The Bertz CT molecular complexity index is 867. The van der Waals surface area contributed by atoms with Gasteiger partial charge in [0.05, 0.1) is 11.3 Å². The molecule has 0 radical (unpaired) electrons. The van der Waals surface area contributed by atoms with Gasteiger partial charge in [0, 0.05) is 18.3 Å². The van der Waals surface area contributed by atoms with Gasteiger partial charge in [-0.1, -0.05) is 0 Å². The lowest BCUT2D eigenvalue weighted by molar-refractivity contribution is -0.152. The summed E-state index contributed by atoms with van der Waals surface area (Å²) < 4.78 is 5.56. The van der Waals surface area contributed by atoms with Crippen molar-refractivity contribution in [1.82, 2.24) is 0 Å². The van der Waals surface area contributed by atoms with Gasteiger partial charge in [0.1, 0.15) is 0 Å². The predicted octanol–water partition coefficient (Wildman–Crippen LogP) is 3.67. The van der Waals surface area contributed by atoms with Crippen molar-refractivity contribution in [3.63, 3.8) is 0 Å². The zero-order chi connectivity index (χ0) is 21.0. The van der Waals surface area contributed by atoms with Crippen molar-refractivity contribution in [2.75, 3.05) is 4.90 Å². The van der Waals surface area contributed by atoms with Gasteiger partial charge in [-0.25, -0.2) is 4.79 Å². The zero-order valence-corrected chi connectivity index (χ0v) is 17.3. The van der Waals surface area contributed by atoms with E-state index in [0.717, 1.165) is 24.2 Å². The first-order chi connectivity index (χ1) is 14.3. The third kappa shape index (κ3) is 3.17. The van der Waals surface area contributed by atoms with Gasteiger partial charge in [0.15, 0.2) is 11.9 Å². The number of ether oxygens (including phenoxy) is 1. The standard InChI is InChI=1S/C24H27NO5/c1-14(22(28)24-11-15-8-16(12-24)10-17(9-15)13-24)30-23(29)18-2-4-19(5-3-18)25-20(26)6-7-21(25)27/h2-5,14-17H,6-13H2,1H3/t14-,15?,16?,17?,24?/m0/s1. The molecule has 1 heterocycles. The molecule has 1 aliphatic heterocycles. The van der Waals surface area contributed by atoms with Crippen molar-refractivity contribution < 1.29 is 23.9 Å². The van der Waals surface area contributed by atoms with Crippen LogP contribution in [-0.2, 0) is 19.1 Å². The number of carbonyl (C=O) groups is 4. The maximum Gasteiger partial charge on any atom is 0.338 e. The molecule has 1 aromatic carbocycles. The van der Waals surface area contributed by atoms with Crippen LogP contribution in [0.3, 0.4) is 0 Å². The third-order valence-electron chi connectivity index (χ3n) is 7.63. The highest BCUT2D eigenvalue weighted by molar-refractivity contribution is 6.19. The maximum absolute atomic E-state index is 13.3. The van der Waals surface area contributed by atoms with Crippen LogP contribution in [0, 0.1) is 23.2 Å². The molecule has 2 amide bonds. The minimum absolute atomic E-state index is 0.0832. The molecule has 0 unspecified atom stereocenters. The Labute approximate surface area is 175 Å². The number of carbonyl (C=O) groups excluding carboxylic acids is 4. The highest BCUT2D eigenvalue weighted by atomic mass is 16.5. The number of amides is 2. The molecule has 4 bridgehead atoms. The first-order valence-corrected chi connectivity index (χ1v) is 11.1. The third-order valence-corrected chi connectivity index (χ3v) is 7.63. The molecule has 5 aliphatic rings. The number of Topliss-reactive ketones (excluding diaryl/α,β-unsaturated/α-hetero) is 1. The van der Waals surface area contributed by atoms with Crippen LogP contribution in [0.5, 0.6) is 0 Å². The first kappa shape index (κ1) is 19.5. The second-order valence-electron chi connectivity index (χ2n) is 9.78. The summed E-state index contributed by atoms with van der Waals surface area (Å²) in [6.45, 7) is 1.69. The van der Waals surface area contributed by atoms with E-state index in [4.69, 9.17) is 4.74 Å². The Hall–Kier alpha value is -2.50. The van der Waals surface area contributed by atoms with E-state index in [2.05, 4.69) is 0 Å². The molecule has 0 N–H and O–H groups in total. The summed E-state index contributed by atoms with van der Waals surface area (Å²) in [5.74, 6) is 1.05. The Morgan fingerprint density at radius 1 is 0.933 bits per heavy atom. The van der Waals surface area contributed by atoms with Crippen LogP contribution < -0.4 is 4.90 Å². The summed E-state index contributed by atoms with van der Waals surface area (Å²) in [5, 5.41) is 0. The zero-order valence-electron chi connectivity index (χ0n) is 17.3. The predicted molar refractivity (Wildman–Crippen MR) is 109 cm³/mol. The highest BCUT2D eigenvalue weighted by Gasteiger charge is 2.55. The summed E-state index contributed by atoms with van der Waals surface area (Å²) in [6.07, 6.45) is 6.29. The minimum atomic E-state index is -0.768. The number of anilines is 1. The van der Waals surface area contributed by atoms with Crippen LogP contribution in [0.2, 0.25) is 0 Å². The van der Waals surface area contributed by atoms with Crippen molar-refractivity contribution in [2.45, 2.75) is 64.4 Å². The molecule has 1 saturated heterocycles. The van der Waals surface area contributed by atoms with Gasteiger partial charge in [-0.2, -0.15) is 0 Å². The van der Waals surface area contributed by atoms with Crippen LogP contribution in [0.1, 0.15) is 68.6 Å². The summed E-state index contributed by atoms with van der Waals surface area (Å²) in [5.41, 5.74) is 0.467. The number of hydrogen-bond donors (Lipinski definition) is 0. The molecule has 1 aromatic rings. The molecule has 0 spiro atoms. The Balaban J connectivity index is 1.26. The average Bonchev–Trinajstić information content (AvgIpc) is 3.04. The van der Waals surface area contributed by atoms with Crippen molar-refractivity contribution in [3.8, 4) is 0 Å². The summed E-state index contributed by atoms with van der Waals surface area (Å²) >= 11 is 0. The topological polar surface area (TPSA) is 80.8 Å². The number of nitrogens with zero attached hydrogens (tertiary/aromatic N) is 1. The minimum Gasteiger partial charge on any atom is -0.451 e.